The monoisotopic (exact) mass is 573 g/mol. The maximum absolute atomic E-state index is 13.9. The number of aromatic nitrogens is 6. The van der Waals surface area contributed by atoms with Crippen LogP contribution in [0.15, 0.2) is 59.5 Å². The molecule has 3 aromatic heterocycles. The van der Waals surface area contributed by atoms with Crippen LogP contribution in [0, 0.1) is 12.8 Å². The number of para-hydroxylation sites is 2. The van der Waals surface area contributed by atoms with Crippen LogP contribution in [0.2, 0.25) is 5.02 Å². The van der Waals surface area contributed by atoms with E-state index in [2.05, 4.69) is 20.6 Å². The number of amides is 1. The van der Waals surface area contributed by atoms with Crippen molar-refractivity contribution in [2.24, 2.45) is 5.92 Å². The third kappa shape index (κ3) is 5.37. The number of rotatable bonds is 8. The standard InChI is InChI=1S/C30H32ClN7O3/c1-19-24(15-21(31)17-32-19)29(39)33-22-9-7-20(8-10-22)18-36-27-5-3-4-6-28(27)38(30(36)40)23-11-12-26-25(16-23)34-35-37(26)13-14-41-2/h3-6,11-12,15-17,20,22H,7-10,13-14,18H2,1-2H3,(H,33,39)/t20-,22-. The number of nitrogens with one attached hydrogen (secondary N) is 1. The topological polar surface area (TPSA) is 109 Å². The highest BCUT2D eigenvalue weighted by atomic mass is 35.5. The second-order valence-corrected chi connectivity index (χ2v) is 11.1. The molecule has 1 fully saturated rings. The van der Waals surface area contributed by atoms with Crippen molar-refractivity contribution in [3.05, 3.63) is 81.5 Å². The van der Waals surface area contributed by atoms with E-state index in [1.165, 1.54) is 0 Å². The highest BCUT2D eigenvalue weighted by molar-refractivity contribution is 6.30. The van der Waals surface area contributed by atoms with E-state index in [4.69, 9.17) is 16.3 Å². The first-order chi connectivity index (χ1) is 19.9. The molecule has 5 aromatic rings. The molecule has 0 unspecified atom stereocenters. The van der Waals surface area contributed by atoms with Crippen LogP contribution in [0.5, 0.6) is 0 Å². The number of carbonyl (C=O) groups is 1. The highest BCUT2D eigenvalue weighted by Gasteiger charge is 2.26. The SMILES string of the molecule is COCCn1nnc2cc(-n3c(=O)n(C[C@H]4CC[C@H](NC(=O)c5cc(Cl)cnc5C)CC4)c4ccccc43)ccc21. The summed E-state index contributed by atoms with van der Waals surface area (Å²) in [4.78, 5) is 30.9. The molecule has 0 spiro atoms. The third-order valence-electron chi connectivity index (χ3n) is 8.02. The lowest BCUT2D eigenvalue weighted by Gasteiger charge is -2.29. The number of hydrogen-bond donors (Lipinski definition) is 1. The molecule has 1 aliphatic carbocycles. The molecular formula is C30H32ClN7O3. The zero-order valence-electron chi connectivity index (χ0n) is 23.1. The molecule has 0 bridgehead atoms. The van der Waals surface area contributed by atoms with Crippen LogP contribution >= 0.6 is 11.6 Å². The first-order valence-corrected chi connectivity index (χ1v) is 14.3. The number of halogens is 1. The quantitative estimate of drug-likeness (QED) is 0.292. The van der Waals surface area contributed by atoms with Crippen LogP contribution in [0.25, 0.3) is 27.8 Å². The van der Waals surface area contributed by atoms with Gasteiger partial charge in [0.25, 0.3) is 5.91 Å². The second kappa shape index (κ2) is 11.5. The van der Waals surface area contributed by atoms with Gasteiger partial charge < -0.3 is 10.1 Å². The maximum atomic E-state index is 13.9. The van der Waals surface area contributed by atoms with Gasteiger partial charge in [0.1, 0.15) is 5.52 Å². The molecule has 1 amide bonds. The number of fused-ring (bicyclic) bond motifs is 2. The van der Waals surface area contributed by atoms with E-state index >= 15 is 0 Å². The van der Waals surface area contributed by atoms with Crippen LogP contribution in [-0.2, 0) is 17.8 Å². The Labute approximate surface area is 241 Å². The Bertz CT molecular complexity index is 1780. The van der Waals surface area contributed by atoms with Crippen molar-refractivity contribution in [1.29, 1.82) is 0 Å². The van der Waals surface area contributed by atoms with E-state index in [-0.39, 0.29) is 17.6 Å². The van der Waals surface area contributed by atoms with Crippen LogP contribution < -0.4 is 11.0 Å². The summed E-state index contributed by atoms with van der Waals surface area (Å²) in [6, 6.07) is 15.4. The summed E-state index contributed by atoms with van der Waals surface area (Å²) >= 11 is 6.05. The number of pyridine rings is 1. The average Bonchev–Trinajstić information content (AvgIpc) is 3.51. The number of hydrogen-bond acceptors (Lipinski definition) is 6. The number of benzene rings is 2. The summed E-state index contributed by atoms with van der Waals surface area (Å²) in [7, 11) is 1.66. The van der Waals surface area contributed by atoms with Gasteiger partial charge in [-0.05, 0) is 74.9 Å². The van der Waals surface area contributed by atoms with Crippen molar-refractivity contribution in [3.63, 3.8) is 0 Å². The fourth-order valence-corrected chi connectivity index (χ4v) is 5.98. The van der Waals surface area contributed by atoms with Crippen LogP contribution in [0.3, 0.4) is 0 Å². The molecule has 6 rings (SSSR count). The van der Waals surface area contributed by atoms with Gasteiger partial charge in [-0.25, -0.2) is 9.48 Å². The number of nitrogens with zero attached hydrogens (tertiary/aromatic N) is 6. The smallest absolute Gasteiger partial charge is 0.333 e. The van der Waals surface area contributed by atoms with E-state index in [0.29, 0.717) is 41.9 Å². The summed E-state index contributed by atoms with van der Waals surface area (Å²) in [5, 5.41) is 12.2. The predicted molar refractivity (Wildman–Crippen MR) is 158 cm³/mol. The van der Waals surface area contributed by atoms with Gasteiger partial charge in [-0.2, -0.15) is 0 Å². The molecule has 10 nitrogen and oxygen atoms in total. The van der Waals surface area contributed by atoms with Gasteiger partial charge in [0.15, 0.2) is 0 Å². The molecule has 2 aromatic carbocycles. The van der Waals surface area contributed by atoms with E-state index in [9.17, 15) is 9.59 Å². The lowest BCUT2D eigenvalue weighted by Crippen LogP contribution is -2.39. The van der Waals surface area contributed by atoms with Gasteiger partial charge >= 0.3 is 5.69 Å². The third-order valence-corrected chi connectivity index (χ3v) is 8.23. The number of ether oxygens (including phenoxy) is 1. The molecule has 0 radical (unpaired) electrons. The van der Waals surface area contributed by atoms with E-state index in [0.717, 1.165) is 53.4 Å². The van der Waals surface area contributed by atoms with Gasteiger partial charge in [0.2, 0.25) is 0 Å². The Balaban J connectivity index is 1.20. The predicted octanol–water partition coefficient (Wildman–Crippen LogP) is 4.53. The largest absolute Gasteiger partial charge is 0.383 e. The van der Waals surface area contributed by atoms with Crippen molar-refractivity contribution in [2.75, 3.05) is 13.7 Å². The van der Waals surface area contributed by atoms with Crippen LogP contribution in [0.1, 0.15) is 41.7 Å². The van der Waals surface area contributed by atoms with Crippen molar-refractivity contribution in [2.45, 2.75) is 51.7 Å². The Morgan fingerprint density at radius 2 is 1.85 bits per heavy atom. The molecule has 3 heterocycles. The van der Waals surface area contributed by atoms with Gasteiger partial charge in [-0.3, -0.25) is 18.9 Å². The number of methoxy groups -OCH3 is 1. The fourth-order valence-electron chi connectivity index (χ4n) is 5.82. The molecule has 1 saturated carbocycles. The number of carbonyl (C=O) groups excluding carboxylic acids is 1. The van der Waals surface area contributed by atoms with E-state index in [1.807, 2.05) is 47.0 Å². The molecule has 212 valence electrons. The zero-order chi connectivity index (χ0) is 28.5. The van der Waals surface area contributed by atoms with Crippen LogP contribution in [0.4, 0.5) is 0 Å². The van der Waals surface area contributed by atoms with Gasteiger partial charge in [-0.1, -0.05) is 28.9 Å². The van der Waals surface area contributed by atoms with Crippen molar-refractivity contribution < 1.29 is 9.53 Å². The van der Waals surface area contributed by atoms with Gasteiger partial charge in [0, 0.05) is 25.9 Å². The summed E-state index contributed by atoms with van der Waals surface area (Å²) in [5.74, 6) is 0.189. The van der Waals surface area contributed by atoms with Crippen molar-refractivity contribution >= 4 is 39.6 Å². The summed E-state index contributed by atoms with van der Waals surface area (Å²) in [6.07, 6.45) is 5.09. The van der Waals surface area contributed by atoms with E-state index in [1.54, 1.807) is 35.5 Å². The summed E-state index contributed by atoms with van der Waals surface area (Å²) < 4.78 is 10.6. The molecule has 1 aliphatic rings. The molecule has 0 saturated heterocycles. The fraction of sp³-hybridized carbons (Fsp3) is 0.367. The summed E-state index contributed by atoms with van der Waals surface area (Å²) in [5.41, 5.74) is 5.24. The minimum Gasteiger partial charge on any atom is -0.383 e. The maximum Gasteiger partial charge on any atom is 0.333 e. The minimum atomic E-state index is -0.143. The highest BCUT2D eigenvalue weighted by Crippen LogP contribution is 2.28. The number of imidazole rings is 1. The Morgan fingerprint density at radius 3 is 2.63 bits per heavy atom. The molecule has 1 N–H and O–H groups in total. The molecule has 0 atom stereocenters. The second-order valence-electron chi connectivity index (χ2n) is 10.7. The zero-order valence-corrected chi connectivity index (χ0v) is 23.8. The normalized spacial score (nSPS) is 17.3. The molecule has 11 heteroatoms. The lowest BCUT2D eigenvalue weighted by atomic mass is 9.85. The Morgan fingerprint density at radius 1 is 1.07 bits per heavy atom. The van der Waals surface area contributed by atoms with Gasteiger partial charge in [0.05, 0.1) is 51.7 Å². The Kier molecular flexibility index (Phi) is 7.59. The van der Waals surface area contributed by atoms with Crippen molar-refractivity contribution in [3.8, 4) is 5.69 Å². The molecular weight excluding hydrogens is 542 g/mol. The first-order valence-electron chi connectivity index (χ1n) is 13.9. The summed E-state index contributed by atoms with van der Waals surface area (Å²) in [6.45, 7) is 3.58. The first kappa shape index (κ1) is 27.2. The van der Waals surface area contributed by atoms with Crippen molar-refractivity contribution in [1.82, 2.24) is 34.4 Å². The lowest BCUT2D eigenvalue weighted by molar-refractivity contribution is 0.0919. The van der Waals surface area contributed by atoms with Crippen LogP contribution in [-0.4, -0.2) is 54.8 Å². The molecule has 0 aliphatic heterocycles. The molecule has 41 heavy (non-hydrogen) atoms. The van der Waals surface area contributed by atoms with Gasteiger partial charge in [-0.15, -0.1) is 5.10 Å². The Hall–Kier alpha value is -4.02. The number of aryl methyl sites for hydroxylation is 1. The van der Waals surface area contributed by atoms with E-state index < -0.39 is 0 Å². The average molecular weight is 574 g/mol. The minimum absolute atomic E-state index is 0.0725.